The number of aliphatic hydroxyl groups is 1. The fourth-order valence-electron chi connectivity index (χ4n) is 3.26. The van der Waals surface area contributed by atoms with Crippen LogP contribution >= 0.6 is 11.8 Å². The van der Waals surface area contributed by atoms with Gasteiger partial charge < -0.3 is 20.6 Å². The quantitative estimate of drug-likeness (QED) is 0.777. The number of β-amino-alcohol motifs (C(OH)–C–C–N with tert-alkyl or cyclic N) is 1. The van der Waals surface area contributed by atoms with Crippen molar-refractivity contribution < 1.29 is 9.90 Å². The number of benzene rings is 1. The number of amides is 1. The maximum Gasteiger partial charge on any atom is 0.237 e. The van der Waals surface area contributed by atoms with Crippen molar-refractivity contribution >= 4 is 23.4 Å². The van der Waals surface area contributed by atoms with Gasteiger partial charge in [0, 0.05) is 18.5 Å². The summed E-state index contributed by atoms with van der Waals surface area (Å²) in [6.45, 7) is 4.63. The average Bonchev–Trinajstić information content (AvgIpc) is 3.13. The Kier molecular flexibility index (Phi) is 5.18. The van der Waals surface area contributed by atoms with E-state index in [0.717, 1.165) is 11.4 Å². The minimum Gasteiger partial charge on any atom is -0.392 e. The average molecular weight is 347 g/mol. The molecule has 5 nitrogen and oxygen atoms in total. The van der Waals surface area contributed by atoms with Crippen LogP contribution in [0.4, 0.5) is 0 Å². The third kappa shape index (κ3) is 3.61. The molecule has 2 aliphatic rings. The van der Waals surface area contributed by atoms with Crippen LogP contribution in [-0.2, 0) is 4.79 Å². The second-order valence-electron chi connectivity index (χ2n) is 6.58. The largest absolute Gasteiger partial charge is 0.392 e. The normalized spacial score (nSPS) is 25.2. The molecule has 1 saturated heterocycles. The van der Waals surface area contributed by atoms with Gasteiger partial charge in [0.15, 0.2) is 0 Å². The first-order valence-electron chi connectivity index (χ1n) is 8.32. The molecule has 1 fully saturated rings. The van der Waals surface area contributed by atoms with E-state index in [1.165, 1.54) is 16.2 Å². The van der Waals surface area contributed by atoms with Crippen LogP contribution in [0.25, 0.3) is 5.70 Å². The Hall–Kier alpha value is -1.50. The van der Waals surface area contributed by atoms with Crippen LogP contribution in [0.1, 0.15) is 37.4 Å². The summed E-state index contributed by atoms with van der Waals surface area (Å²) in [5, 5.41) is 15.6. The fraction of sp³-hybridized carbons (Fsp3) is 0.500. The Morgan fingerprint density at radius 3 is 2.67 bits per heavy atom. The molecule has 2 heterocycles. The van der Waals surface area contributed by atoms with Crippen molar-refractivity contribution in [3.63, 3.8) is 0 Å². The van der Waals surface area contributed by atoms with Gasteiger partial charge in [-0.1, -0.05) is 24.3 Å². The Labute approximate surface area is 147 Å². The molecular formula is C18H25N3O2S. The lowest BCUT2D eigenvalue weighted by atomic mass is 10.0. The molecule has 0 aliphatic carbocycles. The number of hydrogen-bond acceptors (Lipinski definition) is 5. The zero-order valence-electron chi connectivity index (χ0n) is 14.4. The van der Waals surface area contributed by atoms with Gasteiger partial charge in [0.1, 0.15) is 0 Å². The lowest BCUT2D eigenvalue weighted by Gasteiger charge is -2.19. The van der Waals surface area contributed by atoms with Crippen molar-refractivity contribution in [2.75, 3.05) is 19.5 Å². The highest BCUT2D eigenvalue weighted by Crippen LogP contribution is 2.36. The minimum absolute atomic E-state index is 0.0476. The third-order valence-electron chi connectivity index (χ3n) is 4.66. The zero-order valence-corrected chi connectivity index (χ0v) is 15.2. The van der Waals surface area contributed by atoms with Crippen LogP contribution in [0.5, 0.6) is 0 Å². The Balaban J connectivity index is 1.65. The lowest BCUT2D eigenvalue weighted by molar-refractivity contribution is -0.123. The van der Waals surface area contributed by atoms with Crippen molar-refractivity contribution in [1.29, 1.82) is 0 Å². The molecule has 1 aromatic carbocycles. The molecular weight excluding hydrogens is 322 g/mol. The number of nitrogens with zero attached hydrogens (tertiary/aromatic N) is 1. The minimum atomic E-state index is -0.423. The number of carbonyl (C=O) groups excluding carboxylic acids is 1. The summed E-state index contributed by atoms with van der Waals surface area (Å²) in [5.74, 6) is 0.948. The van der Waals surface area contributed by atoms with Gasteiger partial charge in [-0.15, -0.1) is 11.8 Å². The summed E-state index contributed by atoms with van der Waals surface area (Å²) in [4.78, 5) is 15.8. The molecule has 0 saturated carbocycles. The molecule has 0 aromatic heterocycles. The maximum absolute atomic E-state index is 12.2. The third-order valence-corrected chi connectivity index (χ3v) is 5.80. The predicted octanol–water partition coefficient (Wildman–Crippen LogP) is 1.91. The summed E-state index contributed by atoms with van der Waals surface area (Å²) >= 11 is 1.86. The molecule has 2 unspecified atom stereocenters. The Morgan fingerprint density at radius 1 is 1.42 bits per heavy atom. The maximum atomic E-state index is 12.2. The molecule has 0 bridgehead atoms. The van der Waals surface area contributed by atoms with E-state index in [4.69, 9.17) is 0 Å². The van der Waals surface area contributed by atoms with E-state index in [1.807, 2.05) is 18.7 Å². The molecule has 6 heteroatoms. The number of allylic oxidation sites excluding steroid dienone is 1. The number of nitrogens with one attached hydrogen (secondary N) is 2. The number of aliphatic hydroxyl groups excluding tert-OH is 1. The molecule has 3 N–H and O–H groups in total. The molecule has 1 amide bonds. The Bertz CT molecular complexity index is 644. The monoisotopic (exact) mass is 347 g/mol. The zero-order chi connectivity index (χ0) is 17.3. The molecule has 1 aromatic rings. The van der Waals surface area contributed by atoms with Gasteiger partial charge in [-0.3, -0.25) is 4.79 Å². The summed E-state index contributed by atoms with van der Waals surface area (Å²) in [6.07, 6.45) is 0.0580. The van der Waals surface area contributed by atoms with E-state index in [-0.39, 0.29) is 18.0 Å². The highest BCUT2D eigenvalue weighted by atomic mass is 32.2. The van der Waals surface area contributed by atoms with Crippen LogP contribution in [-0.4, -0.2) is 47.5 Å². The number of thioether (sulfide) groups is 1. The topological polar surface area (TPSA) is 64.6 Å². The number of carbonyl (C=O) groups is 1. The van der Waals surface area contributed by atoms with Crippen molar-refractivity contribution in [2.24, 2.45) is 0 Å². The van der Waals surface area contributed by atoms with E-state index in [9.17, 15) is 9.90 Å². The lowest BCUT2D eigenvalue weighted by Crippen LogP contribution is -2.41. The van der Waals surface area contributed by atoms with Crippen LogP contribution in [0.2, 0.25) is 0 Å². The van der Waals surface area contributed by atoms with Crippen LogP contribution in [0.15, 0.2) is 29.2 Å². The van der Waals surface area contributed by atoms with E-state index >= 15 is 0 Å². The van der Waals surface area contributed by atoms with Gasteiger partial charge in [0.05, 0.1) is 29.8 Å². The van der Waals surface area contributed by atoms with E-state index in [1.54, 1.807) is 0 Å². The second-order valence-corrected chi connectivity index (χ2v) is 7.74. The molecule has 0 spiro atoms. The highest BCUT2D eigenvalue weighted by molar-refractivity contribution is 8.03. The smallest absolute Gasteiger partial charge is 0.237 e. The molecule has 130 valence electrons. The van der Waals surface area contributed by atoms with Gasteiger partial charge in [-0.05, 0) is 31.4 Å². The van der Waals surface area contributed by atoms with Crippen molar-refractivity contribution in [3.8, 4) is 0 Å². The summed E-state index contributed by atoms with van der Waals surface area (Å²) < 4.78 is 0. The fourth-order valence-corrected chi connectivity index (χ4v) is 4.19. The summed E-state index contributed by atoms with van der Waals surface area (Å²) in [5.41, 5.74) is 3.58. The SMILES string of the molecule is CC1=C(c2ccc([C@H](C)NC(=O)C3CC(O)CN3)cc2)N(C)CS1. The summed E-state index contributed by atoms with van der Waals surface area (Å²) in [6, 6.07) is 8.05. The van der Waals surface area contributed by atoms with E-state index < -0.39 is 6.10 Å². The standard InChI is InChI=1S/C18H25N3O2S/c1-11(20-18(23)16-8-15(22)9-19-16)13-4-6-14(7-5-13)17-12(2)24-10-21(17)3/h4-7,11,15-16,19,22H,8-10H2,1-3H3,(H,20,23)/t11-,15?,16?/m0/s1. The first-order valence-corrected chi connectivity index (χ1v) is 9.31. The predicted molar refractivity (Wildman–Crippen MR) is 98.2 cm³/mol. The van der Waals surface area contributed by atoms with E-state index in [0.29, 0.717) is 13.0 Å². The van der Waals surface area contributed by atoms with Crippen LogP contribution < -0.4 is 10.6 Å². The van der Waals surface area contributed by atoms with Gasteiger partial charge >= 0.3 is 0 Å². The molecule has 0 radical (unpaired) electrons. The summed E-state index contributed by atoms with van der Waals surface area (Å²) in [7, 11) is 2.11. The number of hydrogen-bond donors (Lipinski definition) is 3. The van der Waals surface area contributed by atoms with Crippen molar-refractivity contribution in [3.05, 3.63) is 40.3 Å². The first-order chi connectivity index (χ1) is 11.5. The van der Waals surface area contributed by atoms with Gasteiger partial charge in [-0.2, -0.15) is 0 Å². The van der Waals surface area contributed by atoms with Crippen LogP contribution in [0.3, 0.4) is 0 Å². The van der Waals surface area contributed by atoms with Crippen molar-refractivity contribution in [1.82, 2.24) is 15.5 Å². The highest BCUT2D eigenvalue weighted by Gasteiger charge is 2.28. The molecule has 24 heavy (non-hydrogen) atoms. The molecule has 2 aliphatic heterocycles. The molecule has 3 atom stereocenters. The van der Waals surface area contributed by atoms with Crippen LogP contribution in [0, 0.1) is 0 Å². The number of rotatable bonds is 4. The van der Waals surface area contributed by atoms with Gasteiger partial charge in [-0.25, -0.2) is 0 Å². The second kappa shape index (κ2) is 7.17. The van der Waals surface area contributed by atoms with Gasteiger partial charge in [0.2, 0.25) is 5.91 Å². The van der Waals surface area contributed by atoms with Crippen molar-refractivity contribution in [2.45, 2.75) is 38.5 Å². The molecule has 3 rings (SSSR count). The van der Waals surface area contributed by atoms with E-state index in [2.05, 4.69) is 53.8 Å². The first kappa shape index (κ1) is 17.3. The Morgan fingerprint density at radius 2 is 2.12 bits per heavy atom. The van der Waals surface area contributed by atoms with Gasteiger partial charge in [0.25, 0.3) is 0 Å².